The SMILES string of the molecule is CC(C)CCNS(=O)(=O)c1ccc(OCC(=O)N(C)Cc2cccs2)cc1. The predicted octanol–water partition coefficient (Wildman–Crippen LogP) is 3.11. The Morgan fingerprint density at radius 3 is 2.52 bits per heavy atom. The lowest BCUT2D eigenvalue weighted by Crippen LogP contribution is -2.30. The molecule has 27 heavy (non-hydrogen) atoms. The molecule has 0 atom stereocenters. The molecule has 2 rings (SSSR count). The van der Waals surface area contributed by atoms with Crippen LogP contribution in [0, 0.1) is 5.92 Å². The lowest BCUT2D eigenvalue weighted by atomic mass is 10.1. The van der Waals surface area contributed by atoms with Gasteiger partial charge in [-0.25, -0.2) is 13.1 Å². The summed E-state index contributed by atoms with van der Waals surface area (Å²) in [5, 5.41) is 1.97. The molecule has 1 aromatic carbocycles. The third kappa shape index (κ3) is 6.97. The molecule has 1 N–H and O–H groups in total. The first-order valence-corrected chi connectivity index (χ1v) is 11.1. The first-order valence-electron chi connectivity index (χ1n) is 8.77. The van der Waals surface area contributed by atoms with E-state index in [1.54, 1.807) is 35.4 Å². The van der Waals surface area contributed by atoms with Crippen LogP contribution in [0.4, 0.5) is 0 Å². The molecule has 6 nitrogen and oxygen atoms in total. The zero-order valence-corrected chi connectivity index (χ0v) is 17.5. The van der Waals surface area contributed by atoms with Gasteiger partial charge < -0.3 is 9.64 Å². The van der Waals surface area contributed by atoms with Crippen LogP contribution < -0.4 is 9.46 Å². The van der Waals surface area contributed by atoms with E-state index in [4.69, 9.17) is 4.74 Å². The van der Waals surface area contributed by atoms with Gasteiger partial charge in [0.1, 0.15) is 5.75 Å². The molecule has 8 heteroatoms. The number of sulfonamides is 1. The second kappa shape index (κ2) is 9.87. The summed E-state index contributed by atoms with van der Waals surface area (Å²) < 4.78 is 32.5. The molecular weight excluding hydrogens is 384 g/mol. The first kappa shape index (κ1) is 21.4. The van der Waals surface area contributed by atoms with Gasteiger partial charge in [0.15, 0.2) is 6.61 Å². The van der Waals surface area contributed by atoms with Gasteiger partial charge in [0.25, 0.3) is 5.91 Å². The number of hydrogen-bond donors (Lipinski definition) is 1. The van der Waals surface area contributed by atoms with Crippen molar-refractivity contribution >= 4 is 27.3 Å². The van der Waals surface area contributed by atoms with Gasteiger partial charge in [0.05, 0.1) is 11.4 Å². The molecule has 0 spiro atoms. The zero-order valence-electron chi connectivity index (χ0n) is 15.8. The lowest BCUT2D eigenvalue weighted by Gasteiger charge is -2.16. The zero-order chi connectivity index (χ0) is 19.9. The van der Waals surface area contributed by atoms with Crippen LogP contribution in [0.15, 0.2) is 46.7 Å². The van der Waals surface area contributed by atoms with Gasteiger partial charge in [-0.1, -0.05) is 19.9 Å². The highest BCUT2D eigenvalue weighted by Gasteiger charge is 2.14. The quantitative estimate of drug-likeness (QED) is 0.653. The highest BCUT2D eigenvalue weighted by molar-refractivity contribution is 7.89. The van der Waals surface area contributed by atoms with Crippen molar-refractivity contribution in [3.8, 4) is 5.75 Å². The maximum atomic E-state index is 12.2. The van der Waals surface area contributed by atoms with Gasteiger partial charge in [0.2, 0.25) is 10.0 Å². The number of nitrogens with one attached hydrogen (secondary N) is 1. The fraction of sp³-hybridized carbons (Fsp3) is 0.421. The van der Waals surface area contributed by atoms with Crippen LogP contribution in [0.5, 0.6) is 5.75 Å². The molecule has 2 aromatic rings. The van der Waals surface area contributed by atoms with E-state index < -0.39 is 10.0 Å². The topological polar surface area (TPSA) is 75.7 Å². The van der Waals surface area contributed by atoms with Gasteiger partial charge in [-0.05, 0) is 48.1 Å². The Morgan fingerprint density at radius 1 is 1.22 bits per heavy atom. The molecule has 0 aliphatic rings. The van der Waals surface area contributed by atoms with Gasteiger partial charge in [-0.2, -0.15) is 0 Å². The molecular formula is C19H26N2O4S2. The van der Waals surface area contributed by atoms with Crippen LogP contribution in [-0.4, -0.2) is 39.4 Å². The number of carbonyl (C=O) groups is 1. The maximum absolute atomic E-state index is 12.2. The summed E-state index contributed by atoms with van der Waals surface area (Å²) in [6, 6.07) is 10.00. The Hall–Kier alpha value is -1.90. The second-order valence-electron chi connectivity index (χ2n) is 6.67. The summed E-state index contributed by atoms with van der Waals surface area (Å²) in [5.41, 5.74) is 0. The van der Waals surface area contributed by atoms with E-state index in [0.29, 0.717) is 24.8 Å². The third-order valence-corrected chi connectivity index (χ3v) is 6.25. The van der Waals surface area contributed by atoms with Crippen LogP contribution in [0.3, 0.4) is 0 Å². The number of ether oxygens (including phenoxy) is 1. The Bertz CT molecular complexity index is 816. The molecule has 0 saturated heterocycles. The molecule has 1 aromatic heterocycles. The summed E-state index contributed by atoms with van der Waals surface area (Å²) in [6.07, 6.45) is 0.779. The second-order valence-corrected chi connectivity index (χ2v) is 9.47. The van der Waals surface area contributed by atoms with E-state index in [1.165, 1.54) is 12.1 Å². The number of benzene rings is 1. The number of hydrogen-bond acceptors (Lipinski definition) is 5. The normalized spacial score (nSPS) is 11.6. The van der Waals surface area contributed by atoms with Crippen molar-refractivity contribution in [3.05, 3.63) is 46.7 Å². The monoisotopic (exact) mass is 410 g/mol. The standard InChI is InChI=1S/C19H26N2O4S2/c1-15(2)10-11-20-27(23,24)18-8-6-16(7-9-18)25-14-19(22)21(3)13-17-5-4-12-26-17/h4-9,12,15,20H,10-11,13-14H2,1-3H3. The van der Waals surface area contributed by atoms with E-state index in [9.17, 15) is 13.2 Å². The summed E-state index contributed by atoms with van der Waals surface area (Å²) >= 11 is 1.60. The molecule has 0 saturated carbocycles. The maximum Gasteiger partial charge on any atom is 0.260 e. The molecule has 0 bridgehead atoms. The smallest absolute Gasteiger partial charge is 0.260 e. The predicted molar refractivity (Wildman–Crippen MR) is 107 cm³/mol. The average molecular weight is 411 g/mol. The molecule has 1 heterocycles. The largest absolute Gasteiger partial charge is 0.484 e. The summed E-state index contributed by atoms with van der Waals surface area (Å²) in [5.74, 6) is 0.739. The summed E-state index contributed by atoms with van der Waals surface area (Å²) in [7, 11) is -1.80. The fourth-order valence-electron chi connectivity index (χ4n) is 2.26. The van der Waals surface area contributed by atoms with Crippen molar-refractivity contribution in [2.45, 2.75) is 31.7 Å². The van der Waals surface area contributed by atoms with E-state index in [0.717, 1.165) is 11.3 Å². The number of thiophene rings is 1. The molecule has 0 aliphatic heterocycles. The number of nitrogens with zero attached hydrogens (tertiary/aromatic N) is 1. The van der Waals surface area contributed by atoms with Crippen molar-refractivity contribution < 1.29 is 17.9 Å². The summed E-state index contributed by atoms with van der Waals surface area (Å²) in [6.45, 7) is 4.93. The lowest BCUT2D eigenvalue weighted by molar-refractivity contribution is -0.132. The molecule has 0 aliphatic carbocycles. The van der Waals surface area contributed by atoms with E-state index in [1.807, 2.05) is 31.4 Å². The van der Waals surface area contributed by atoms with Crippen molar-refractivity contribution in [3.63, 3.8) is 0 Å². The molecule has 0 radical (unpaired) electrons. The van der Waals surface area contributed by atoms with Crippen LogP contribution >= 0.6 is 11.3 Å². The molecule has 1 amide bonds. The minimum absolute atomic E-state index is 0.0966. The Labute approximate surface area is 165 Å². The third-order valence-electron chi connectivity index (χ3n) is 3.91. The highest BCUT2D eigenvalue weighted by atomic mass is 32.2. The minimum atomic E-state index is -3.53. The van der Waals surface area contributed by atoms with Crippen LogP contribution in [0.1, 0.15) is 25.1 Å². The number of amides is 1. The van der Waals surface area contributed by atoms with Crippen LogP contribution in [0.2, 0.25) is 0 Å². The number of rotatable bonds is 10. The Morgan fingerprint density at radius 2 is 1.93 bits per heavy atom. The van der Waals surface area contributed by atoms with Gasteiger partial charge in [-0.15, -0.1) is 11.3 Å². The van der Waals surface area contributed by atoms with Crippen molar-refractivity contribution in [2.75, 3.05) is 20.2 Å². The molecule has 0 unspecified atom stereocenters. The fourth-order valence-corrected chi connectivity index (χ4v) is 4.06. The van der Waals surface area contributed by atoms with Crippen molar-refractivity contribution in [1.82, 2.24) is 9.62 Å². The van der Waals surface area contributed by atoms with Crippen molar-refractivity contribution in [1.29, 1.82) is 0 Å². The average Bonchev–Trinajstić information content (AvgIpc) is 3.12. The van der Waals surface area contributed by atoms with Gasteiger partial charge >= 0.3 is 0 Å². The first-order chi connectivity index (χ1) is 12.8. The molecule has 148 valence electrons. The van der Waals surface area contributed by atoms with Crippen LogP contribution in [-0.2, 0) is 21.4 Å². The van der Waals surface area contributed by atoms with Crippen LogP contribution in [0.25, 0.3) is 0 Å². The number of likely N-dealkylation sites (N-methyl/N-ethyl adjacent to an activating group) is 1. The minimum Gasteiger partial charge on any atom is -0.484 e. The summed E-state index contributed by atoms with van der Waals surface area (Å²) in [4.78, 5) is 15.0. The highest BCUT2D eigenvalue weighted by Crippen LogP contribution is 2.16. The van der Waals surface area contributed by atoms with Gasteiger partial charge in [0, 0.05) is 18.5 Å². The van der Waals surface area contributed by atoms with E-state index in [2.05, 4.69) is 4.72 Å². The van der Waals surface area contributed by atoms with E-state index in [-0.39, 0.29) is 17.4 Å². The van der Waals surface area contributed by atoms with Gasteiger partial charge in [-0.3, -0.25) is 4.79 Å². The van der Waals surface area contributed by atoms with E-state index >= 15 is 0 Å². The molecule has 0 fully saturated rings. The Kier molecular flexibility index (Phi) is 7.82. The van der Waals surface area contributed by atoms with Crippen molar-refractivity contribution in [2.24, 2.45) is 5.92 Å². The Balaban J connectivity index is 1.85. The number of carbonyl (C=O) groups excluding carboxylic acids is 1.